The molecule has 0 saturated heterocycles. The minimum atomic E-state index is -0.554. The second-order valence-electron chi connectivity index (χ2n) is 6.14. The molecule has 0 spiro atoms. The highest BCUT2D eigenvalue weighted by Crippen LogP contribution is 2.27. The fourth-order valence-corrected chi connectivity index (χ4v) is 2.86. The number of para-hydroxylation sites is 1. The number of benzene rings is 2. The number of ether oxygens (including phenoxy) is 2. The summed E-state index contributed by atoms with van der Waals surface area (Å²) in [7, 11) is 0. The molecule has 5 nitrogen and oxygen atoms in total. The van der Waals surface area contributed by atoms with Gasteiger partial charge in [0, 0.05) is 12.2 Å². The first kappa shape index (κ1) is 17.0. The van der Waals surface area contributed by atoms with E-state index >= 15 is 0 Å². The van der Waals surface area contributed by atoms with E-state index in [0.717, 1.165) is 28.8 Å². The second-order valence-corrected chi connectivity index (χ2v) is 6.14. The van der Waals surface area contributed by atoms with E-state index in [-0.39, 0.29) is 19.1 Å². The standard InChI is InChI=1S/C20H21NO4/c1-14-7-8-15(2)18(11-14)24-13-20(23)25-12-19(22)21-10-9-16-5-3-4-6-17(16)21/h3-8,11H,9-10,12-13H2,1-2H3. The van der Waals surface area contributed by atoms with Crippen LogP contribution < -0.4 is 9.64 Å². The van der Waals surface area contributed by atoms with Gasteiger partial charge in [-0.3, -0.25) is 4.79 Å². The Labute approximate surface area is 147 Å². The number of amides is 1. The Hall–Kier alpha value is -2.82. The van der Waals surface area contributed by atoms with Gasteiger partial charge >= 0.3 is 5.97 Å². The van der Waals surface area contributed by atoms with Crippen molar-refractivity contribution in [3.8, 4) is 5.75 Å². The predicted molar refractivity (Wildman–Crippen MR) is 94.9 cm³/mol. The molecule has 1 aliphatic rings. The monoisotopic (exact) mass is 339 g/mol. The van der Waals surface area contributed by atoms with E-state index in [2.05, 4.69) is 0 Å². The molecule has 0 aromatic heterocycles. The van der Waals surface area contributed by atoms with Gasteiger partial charge in [-0.15, -0.1) is 0 Å². The summed E-state index contributed by atoms with van der Waals surface area (Å²) in [6.45, 7) is 4.00. The minimum absolute atomic E-state index is 0.214. The number of fused-ring (bicyclic) bond motifs is 1. The van der Waals surface area contributed by atoms with E-state index in [4.69, 9.17) is 9.47 Å². The van der Waals surface area contributed by atoms with Gasteiger partial charge in [0.15, 0.2) is 13.2 Å². The predicted octanol–water partition coefficient (Wildman–Crippen LogP) is 2.81. The molecule has 1 amide bonds. The molecule has 2 aromatic rings. The number of nitrogens with zero attached hydrogens (tertiary/aromatic N) is 1. The molecule has 0 bridgehead atoms. The molecular formula is C20H21NO4. The lowest BCUT2D eigenvalue weighted by Crippen LogP contribution is -2.33. The maximum atomic E-state index is 12.3. The Morgan fingerprint density at radius 2 is 1.88 bits per heavy atom. The molecule has 0 radical (unpaired) electrons. The van der Waals surface area contributed by atoms with Gasteiger partial charge < -0.3 is 14.4 Å². The molecule has 0 aliphatic carbocycles. The highest BCUT2D eigenvalue weighted by molar-refractivity contribution is 5.97. The lowest BCUT2D eigenvalue weighted by atomic mass is 10.1. The van der Waals surface area contributed by atoms with Crippen molar-refractivity contribution >= 4 is 17.6 Å². The van der Waals surface area contributed by atoms with Crippen molar-refractivity contribution in [2.75, 3.05) is 24.7 Å². The largest absolute Gasteiger partial charge is 0.482 e. The van der Waals surface area contributed by atoms with E-state index in [0.29, 0.717) is 12.3 Å². The van der Waals surface area contributed by atoms with Crippen molar-refractivity contribution in [2.45, 2.75) is 20.3 Å². The molecule has 0 N–H and O–H groups in total. The quantitative estimate of drug-likeness (QED) is 0.786. The number of esters is 1. The van der Waals surface area contributed by atoms with E-state index < -0.39 is 5.97 Å². The Bertz CT molecular complexity index is 800. The van der Waals surface area contributed by atoms with Crippen molar-refractivity contribution in [3.05, 3.63) is 59.2 Å². The average Bonchev–Trinajstić information content (AvgIpc) is 3.04. The van der Waals surface area contributed by atoms with Crippen LogP contribution in [0.15, 0.2) is 42.5 Å². The third kappa shape index (κ3) is 3.99. The van der Waals surface area contributed by atoms with Crippen LogP contribution in [-0.2, 0) is 20.7 Å². The van der Waals surface area contributed by atoms with Crippen molar-refractivity contribution in [2.24, 2.45) is 0 Å². The van der Waals surface area contributed by atoms with Crippen molar-refractivity contribution < 1.29 is 19.1 Å². The van der Waals surface area contributed by atoms with Crippen molar-refractivity contribution in [1.29, 1.82) is 0 Å². The molecule has 3 rings (SSSR count). The number of carbonyl (C=O) groups is 2. The van der Waals surface area contributed by atoms with Crippen LogP contribution in [0.2, 0.25) is 0 Å². The number of carbonyl (C=O) groups excluding carboxylic acids is 2. The van der Waals surface area contributed by atoms with Crippen LogP contribution in [0.1, 0.15) is 16.7 Å². The number of rotatable bonds is 5. The molecule has 1 aliphatic heterocycles. The molecule has 5 heteroatoms. The molecule has 0 atom stereocenters. The SMILES string of the molecule is Cc1ccc(C)c(OCC(=O)OCC(=O)N2CCc3ccccc32)c1. The number of hydrogen-bond acceptors (Lipinski definition) is 4. The third-order valence-corrected chi connectivity index (χ3v) is 4.23. The Kier molecular flexibility index (Phi) is 5.03. The van der Waals surface area contributed by atoms with Gasteiger partial charge in [-0.1, -0.05) is 30.3 Å². The van der Waals surface area contributed by atoms with Crippen molar-refractivity contribution in [3.63, 3.8) is 0 Å². The molecule has 1 heterocycles. The summed E-state index contributed by atoms with van der Waals surface area (Å²) in [5.41, 5.74) is 4.04. The molecule has 0 fully saturated rings. The van der Waals surface area contributed by atoms with Gasteiger partial charge in [-0.2, -0.15) is 0 Å². The number of anilines is 1. The summed E-state index contributed by atoms with van der Waals surface area (Å²) in [5, 5.41) is 0. The fourth-order valence-electron chi connectivity index (χ4n) is 2.86. The highest BCUT2D eigenvalue weighted by Gasteiger charge is 2.24. The van der Waals surface area contributed by atoms with Gasteiger partial charge in [0.05, 0.1) is 0 Å². The molecule has 130 valence electrons. The average molecular weight is 339 g/mol. The van der Waals surface area contributed by atoms with Crippen LogP contribution in [0, 0.1) is 13.8 Å². The van der Waals surface area contributed by atoms with E-state index in [9.17, 15) is 9.59 Å². The van der Waals surface area contributed by atoms with Crippen LogP contribution in [0.5, 0.6) is 5.75 Å². The zero-order valence-electron chi connectivity index (χ0n) is 14.5. The van der Waals surface area contributed by atoms with Crippen LogP contribution in [-0.4, -0.2) is 31.6 Å². The smallest absolute Gasteiger partial charge is 0.344 e. The maximum absolute atomic E-state index is 12.3. The lowest BCUT2D eigenvalue weighted by molar-refractivity contribution is -0.149. The van der Waals surface area contributed by atoms with Gasteiger partial charge in [-0.25, -0.2) is 4.79 Å². The highest BCUT2D eigenvalue weighted by atomic mass is 16.6. The maximum Gasteiger partial charge on any atom is 0.344 e. The summed E-state index contributed by atoms with van der Waals surface area (Å²) in [4.78, 5) is 25.8. The van der Waals surface area contributed by atoms with Gasteiger partial charge in [0.25, 0.3) is 5.91 Å². The van der Waals surface area contributed by atoms with Gasteiger partial charge in [-0.05, 0) is 49.1 Å². The van der Waals surface area contributed by atoms with Crippen molar-refractivity contribution in [1.82, 2.24) is 0 Å². The third-order valence-electron chi connectivity index (χ3n) is 4.23. The summed E-state index contributed by atoms with van der Waals surface area (Å²) in [6.07, 6.45) is 0.825. The molecule has 2 aromatic carbocycles. The zero-order chi connectivity index (χ0) is 17.8. The Balaban J connectivity index is 1.49. The van der Waals surface area contributed by atoms with Crippen LogP contribution >= 0.6 is 0 Å². The topological polar surface area (TPSA) is 55.8 Å². The first-order valence-corrected chi connectivity index (χ1v) is 8.28. The molecule has 25 heavy (non-hydrogen) atoms. The summed E-state index contributed by atoms with van der Waals surface area (Å²) in [5.74, 6) is -0.122. The normalized spacial score (nSPS) is 12.6. The first-order valence-electron chi connectivity index (χ1n) is 8.28. The second kappa shape index (κ2) is 7.38. The number of hydrogen-bond donors (Lipinski definition) is 0. The first-order chi connectivity index (χ1) is 12.0. The summed E-state index contributed by atoms with van der Waals surface area (Å²) in [6, 6.07) is 13.6. The Morgan fingerprint density at radius 1 is 1.08 bits per heavy atom. The fraction of sp³-hybridized carbons (Fsp3) is 0.300. The lowest BCUT2D eigenvalue weighted by Gasteiger charge is -2.17. The van der Waals surface area contributed by atoms with Gasteiger partial charge in [0.2, 0.25) is 0 Å². The Morgan fingerprint density at radius 3 is 2.72 bits per heavy atom. The van der Waals surface area contributed by atoms with Gasteiger partial charge in [0.1, 0.15) is 5.75 Å². The summed E-state index contributed by atoms with van der Waals surface area (Å²) < 4.78 is 10.6. The van der Waals surface area contributed by atoms with Crippen LogP contribution in [0.25, 0.3) is 0 Å². The van der Waals surface area contributed by atoms with Crippen LogP contribution in [0.3, 0.4) is 0 Å². The van der Waals surface area contributed by atoms with E-state index in [1.54, 1.807) is 4.90 Å². The molecular weight excluding hydrogens is 318 g/mol. The zero-order valence-corrected chi connectivity index (χ0v) is 14.5. The molecule has 0 unspecified atom stereocenters. The minimum Gasteiger partial charge on any atom is -0.482 e. The van der Waals surface area contributed by atoms with Crippen LogP contribution in [0.4, 0.5) is 5.69 Å². The summed E-state index contributed by atoms with van der Waals surface area (Å²) >= 11 is 0. The molecule has 0 saturated carbocycles. The van der Waals surface area contributed by atoms with E-state index in [1.807, 2.05) is 56.3 Å². The van der Waals surface area contributed by atoms with E-state index in [1.165, 1.54) is 0 Å². The number of aryl methyl sites for hydroxylation is 2.